The molecule has 0 heterocycles. The smallest absolute Gasteiger partial charge is 0.344 e. The summed E-state index contributed by atoms with van der Waals surface area (Å²) in [5.41, 5.74) is -0.369. The summed E-state index contributed by atoms with van der Waals surface area (Å²) in [6.07, 6.45) is 3.73. The minimum absolute atomic E-state index is 0.360. The van der Waals surface area contributed by atoms with E-state index in [0.29, 0.717) is 30.4 Å². The molecule has 0 aromatic heterocycles. The monoisotopic (exact) mass is 358 g/mol. The second-order valence-corrected chi connectivity index (χ2v) is 6.35. The molecule has 1 aromatic carbocycles. The second kappa shape index (κ2) is 8.99. The van der Waals surface area contributed by atoms with E-state index in [-0.39, 0.29) is 6.61 Å². The third kappa shape index (κ3) is 5.31. The topological polar surface area (TPSA) is 105 Å². The summed E-state index contributed by atoms with van der Waals surface area (Å²) in [6, 6.07) is 8.44. The molecule has 1 aliphatic rings. The van der Waals surface area contributed by atoms with E-state index in [2.05, 4.69) is 11.4 Å². The highest BCUT2D eigenvalue weighted by atomic mass is 16.6. The van der Waals surface area contributed by atoms with Gasteiger partial charge in [-0.3, -0.25) is 9.59 Å². The molecule has 0 radical (unpaired) electrons. The third-order valence-corrected chi connectivity index (χ3v) is 4.33. The minimum Gasteiger partial charge on any atom is -0.482 e. The van der Waals surface area contributed by atoms with Crippen LogP contribution >= 0.6 is 0 Å². The van der Waals surface area contributed by atoms with Gasteiger partial charge in [0.2, 0.25) is 0 Å². The van der Waals surface area contributed by atoms with E-state index in [1.54, 1.807) is 24.3 Å². The van der Waals surface area contributed by atoms with Crippen LogP contribution in [0, 0.1) is 11.3 Å². The van der Waals surface area contributed by atoms with E-state index in [1.807, 2.05) is 0 Å². The van der Waals surface area contributed by atoms with E-state index < -0.39 is 23.5 Å². The maximum absolute atomic E-state index is 12.2. The number of carbonyl (C=O) groups is 3. The molecule has 1 aliphatic carbocycles. The van der Waals surface area contributed by atoms with Crippen molar-refractivity contribution in [3.05, 3.63) is 29.8 Å². The fourth-order valence-electron chi connectivity index (χ4n) is 2.83. The Hall–Kier alpha value is -2.88. The van der Waals surface area contributed by atoms with Gasteiger partial charge in [0.1, 0.15) is 17.6 Å². The first-order chi connectivity index (χ1) is 12.5. The normalized spacial score (nSPS) is 16.6. The Morgan fingerprint density at radius 3 is 2.50 bits per heavy atom. The fraction of sp³-hybridized carbons (Fsp3) is 0.474. The van der Waals surface area contributed by atoms with Gasteiger partial charge in [-0.2, -0.15) is 5.26 Å². The van der Waals surface area contributed by atoms with Crippen molar-refractivity contribution < 1.29 is 23.9 Å². The zero-order valence-electron chi connectivity index (χ0n) is 14.7. The van der Waals surface area contributed by atoms with Crippen LogP contribution < -0.4 is 10.1 Å². The molecule has 0 spiro atoms. The molecule has 2 rings (SSSR count). The molecule has 0 unspecified atom stereocenters. The number of benzene rings is 1. The maximum Gasteiger partial charge on any atom is 0.344 e. The van der Waals surface area contributed by atoms with Crippen LogP contribution in [0.25, 0.3) is 0 Å². The van der Waals surface area contributed by atoms with Gasteiger partial charge < -0.3 is 14.8 Å². The van der Waals surface area contributed by atoms with Crippen LogP contribution in [0.1, 0.15) is 49.4 Å². The van der Waals surface area contributed by atoms with Gasteiger partial charge in [0.05, 0.1) is 6.07 Å². The number of nitriles is 1. The summed E-state index contributed by atoms with van der Waals surface area (Å²) < 4.78 is 10.3. The molecule has 0 aliphatic heterocycles. The Kier molecular flexibility index (Phi) is 6.73. The Bertz CT molecular complexity index is 687. The molecular formula is C19H22N2O5. The molecular weight excluding hydrogens is 336 g/mol. The number of aldehydes is 1. The summed E-state index contributed by atoms with van der Waals surface area (Å²) in [5, 5.41) is 12.1. The zero-order valence-corrected chi connectivity index (χ0v) is 14.7. The minimum atomic E-state index is -1.02. The van der Waals surface area contributed by atoms with Crippen molar-refractivity contribution in [2.75, 3.05) is 6.61 Å². The highest BCUT2D eigenvalue weighted by Crippen LogP contribution is 2.27. The van der Waals surface area contributed by atoms with Crippen LogP contribution in [0.15, 0.2) is 24.3 Å². The van der Waals surface area contributed by atoms with Gasteiger partial charge in [-0.25, -0.2) is 4.79 Å². The lowest BCUT2D eigenvalue weighted by Crippen LogP contribution is -2.52. The first-order valence-electron chi connectivity index (χ1n) is 8.59. The standard InChI is InChI=1S/C19H22N2O5/c1-14(18(24)21-19(13-20)9-3-2-4-10-19)26-17(23)12-25-16-7-5-15(11-22)6-8-16/h5-8,11,14H,2-4,9-10,12H2,1H3,(H,21,24)/t14-/m0/s1. The number of nitrogens with zero attached hydrogens (tertiary/aromatic N) is 1. The highest BCUT2D eigenvalue weighted by molar-refractivity contribution is 5.84. The molecule has 1 amide bonds. The van der Waals surface area contributed by atoms with Crippen molar-refractivity contribution in [3.8, 4) is 11.8 Å². The van der Waals surface area contributed by atoms with Crippen molar-refractivity contribution >= 4 is 18.2 Å². The molecule has 0 bridgehead atoms. The maximum atomic E-state index is 12.2. The number of ether oxygens (including phenoxy) is 2. The molecule has 1 fully saturated rings. The van der Waals surface area contributed by atoms with Crippen LogP contribution in [0.2, 0.25) is 0 Å². The summed E-state index contributed by atoms with van der Waals surface area (Å²) in [6.45, 7) is 1.10. The van der Waals surface area contributed by atoms with Crippen LogP contribution in [0.5, 0.6) is 5.75 Å². The first kappa shape index (κ1) is 19.4. The number of amides is 1. The van der Waals surface area contributed by atoms with Crippen LogP contribution in [0.3, 0.4) is 0 Å². The number of rotatable bonds is 7. The Morgan fingerprint density at radius 1 is 1.27 bits per heavy atom. The average molecular weight is 358 g/mol. The number of nitrogens with one attached hydrogen (secondary N) is 1. The van der Waals surface area contributed by atoms with Gasteiger partial charge in [0.25, 0.3) is 5.91 Å². The summed E-state index contributed by atoms with van der Waals surface area (Å²) in [4.78, 5) is 34.7. The number of hydrogen-bond acceptors (Lipinski definition) is 6. The Labute approximate surface area is 152 Å². The van der Waals surface area contributed by atoms with E-state index >= 15 is 0 Å². The van der Waals surface area contributed by atoms with E-state index in [9.17, 15) is 19.6 Å². The lowest BCUT2D eigenvalue weighted by molar-refractivity contribution is -0.157. The van der Waals surface area contributed by atoms with Crippen molar-refractivity contribution in [3.63, 3.8) is 0 Å². The van der Waals surface area contributed by atoms with Crippen LogP contribution in [0.4, 0.5) is 0 Å². The number of esters is 1. The first-order valence-corrected chi connectivity index (χ1v) is 8.59. The summed E-state index contributed by atoms with van der Waals surface area (Å²) in [5.74, 6) is -0.769. The largest absolute Gasteiger partial charge is 0.482 e. The SMILES string of the molecule is C[C@H](OC(=O)COc1ccc(C=O)cc1)C(=O)NC1(C#N)CCCCC1. The number of hydrogen-bond donors (Lipinski definition) is 1. The van der Waals surface area contributed by atoms with Gasteiger partial charge in [0.15, 0.2) is 12.7 Å². The molecule has 1 atom stereocenters. The van der Waals surface area contributed by atoms with Gasteiger partial charge >= 0.3 is 5.97 Å². The third-order valence-electron chi connectivity index (χ3n) is 4.33. The Morgan fingerprint density at radius 2 is 1.92 bits per heavy atom. The van der Waals surface area contributed by atoms with Gasteiger partial charge in [-0.15, -0.1) is 0 Å². The van der Waals surface area contributed by atoms with E-state index in [4.69, 9.17) is 9.47 Å². The van der Waals surface area contributed by atoms with E-state index in [1.165, 1.54) is 6.92 Å². The molecule has 138 valence electrons. The molecule has 1 aromatic rings. The molecule has 0 saturated heterocycles. The molecule has 26 heavy (non-hydrogen) atoms. The van der Waals surface area contributed by atoms with Crippen molar-refractivity contribution in [2.45, 2.75) is 50.7 Å². The lowest BCUT2D eigenvalue weighted by atomic mass is 9.83. The zero-order chi connectivity index (χ0) is 19.0. The van der Waals surface area contributed by atoms with Crippen LogP contribution in [-0.4, -0.2) is 36.4 Å². The second-order valence-electron chi connectivity index (χ2n) is 6.35. The number of carbonyl (C=O) groups excluding carboxylic acids is 3. The molecule has 7 nitrogen and oxygen atoms in total. The van der Waals surface area contributed by atoms with Crippen LogP contribution in [-0.2, 0) is 14.3 Å². The lowest BCUT2D eigenvalue weighted by Gasteiger charge is -2.32. The molecule has 7 heteroatoms. The van der Waals surface area contributed by atoms with Crippen molar-refractivity contribution in [1.82, 2.24) is 5.32 Å². The molecule has 1 saturated carbocycles. The summed E-state index contributed by atoms with van der Waals surface area (Å²) in [7, 11) is 0. The predicted molar refractivity (Wildman–Crippen MR) is 92.5 cm³/mol. The van der Waals surface area contributed by atoms with Gasteiger partial charge in [0, 0.05) is 5.56 Å². The Balaban J connectivity index is 1.80. The predicted octanol–water partition coefficient (Wildman–Crippen LogP) is 2.15. The van der Waals surface area contributed by atoms with Gasteiger partial charge in [-0.1, -0.05) is 19.3 Å². The van der Waals surface area contributed by atoms with Gasteiger partial charge in [-0.05, 0) is 44.0 Å². The summed E-state index contributed by atoms with van der Waals surface area (Å²) >= 11 is 0. The van der Waals surface area contributed by atoms with Crippen molar-refractivity contribution in [1.29, 1.82) is 5.26 Å². The fourth-order valence-corrected chi connectivity index (χ4v) is 2.83. The molecule has 1 N–H and O–H groups in total. The quantitative estimate of drug-likeness (QED) is 0.591. The van der Waals surface area contributed by atoms with Crippen molar-refractivity contribution in [2.24, 2.45) is 0 Å². The average Bonchev–Trinajstić information content (AvgIpc) is 2.67. The highest BCUT2D eigenvalue weighted by Gasteiger charge is 2.35. The van der Waals surface area contributed by atoms with E-state index in [0.717, 1.165) is 19.3 Å².